The fourth-order valence-electron chi connectivity index (χ4n) is 5.35. The second-order valence-electron chi connectivity index (χ2n) is 9.32. The van der Waals surface area contributed by atoms with E-state index in [4.69, 9.17) is 5.26 Å². The molecule has 5 heterocycles. The first-order valence-corrected chi connectivity index (χ1v) is 12.2. The van der Waals surface area contributed by atoms with Crippen LogP contribution >= 0.6 is 0 Å². The van der Waals surface area contributed by atoms with Gasteiger partial charge in [0, 0.05) is 50.5 Å². The number of piperazine rings is 1. The molecule has 0 spiro atoms. The van der Waals surface area contributed by atoms with Gasteiger partial charge < -0.3 is 9.47 Å². The molecule has 10 heteroatoms. The van der Waals surface area contributed by atoms with Crippen LogP contribution < -0.4 is 10.5 Å². The summed E-state index contributed by atoms with van der Waals surface area (Å²) >= 11 is 0. The smallest absolute Gasteiger partial charge is 0.252 e. The largest absolute Gasteiger partial charge is 0.364 e. The monoisotopic (exact) mass is 473 g/mol. The van der Waals surface area contributed by atoms with Crippen LogP contribution in [0, 0.1) is 11.3 Å². The number of hydrogen-bond donors (Lipinski definition) is 0. The molecule has 5 rings (SSSR count). The van der Waals surface area contributed by atoms with Gasteiger partial charge in [-0.15, -0.1) is 0 Å². The van der Waals surface area contributed by atoms with Gasteiger partial charge >= 0.3 is 0 Å². The third-order valence-electron chi connectivity index (χ3n) is 7.45. The second-order valence-corrected chi connectivity index (χ2v) is 9.32. The van der Waals surface area contributed by atoms with Crippen LogP contribution in [0.25, 0.3) is 16.7 Å². The first-order chi connectivity index (χ1) is 16.9. The minimum absolute atomic E-state index is 0.0654. The van der Waals surface area contributed by atoms with Crippen LogP contribution in [0.5, 0.6) is 0 Å². The highest BCUT2D eigenvalue weighted by Crippen LogP contribution is 2.34. The summed E-state index contributed by atoms with van der Waals surface area (Å²) in [6, 6.07) is 8.84. The van der Waals surface area contributed by atoms with Gasteiger partial charge in [-0.2, -0.15) is 15.5 Å². The molecule has 0 amide bonds. The Morgan fingerprint density at radius 2 is 2.00 bits per heavy atom. The van der Waals surface area contributed by atoms with Gasteiger partial charge in [0.2, 0.25) is 0 Å². The van der Waals surface area contributed by atoms with Gasteiger partial charge in [-0.1, -0.05) is 13.8 Å². The number of pyridine rings is 2. The zero-order valence-electron chi connectivity index (χ0n) is 20.7. The summed E-state index contributed by atoms with van der Waals surface area (Å²) in [6.45, 7) is 8.51. The normalized spacial score (nSPS) is 19.9. The lowest BCUT2D eigenvalue weighted by Gasteiger charge is -2.49. The van der Waals surface area contributed by atoms with Crippen molar-refractivity contribution in [3.05, 3.63) is 52.8 Å². The van der Waals surface area contributed by atoms with Crippen molar-refractivity contribution in [1.29, 1.82) is 5.26 Å². The van der Waals surface area contributed by atoms with Crippen LogP contribution in [0.4, 0.5) is 5.69 Å². The number of aromatic nitrogens is 6. The third kappa shape index (κ3) is 3.96. The third-order valence-corrected chi connectivity index (χ3v) is 7.45. The highest BCUT2D eigenvalue weighted by molar-refractivity contribution is 5.88. The van der Waals surface area contributed by atoms with Crippen molar-refractivity contribution in [2.75, 3.05) is 18.0 Å². The Morgan fingerprint density at radius 3 is 2.74 bits per heavy atom. The van der Waals surface area contributed by atoms with Gasteiger partial charge in [-0.05, 0) is 37.5 Å². The summed E-state index contributed by atoms with van der Waals surface area (Å²) in [7, 11) is 1.75. The number of rotatable bonds is 6. The predicted molar refractivity (Wildman–Crippen MR) is 134 cm³/mol. The molecule has 182 valence electrons. The van der Waals surface area contributed by atoms with Gasteiger partial charge in [-0.25, -0.2) is 9.50 Å². The maximum atomic E-state index is 12.9. The molecule has 1 saturated heterocycles. The fourth-order valence-corrected chi connectivity index (χ4v) is 5.35. The molecule has 1 unspecified atom stereocenters. The Morgan fingerprint density at radius 1 is 1.20 bits per heavy atom. The quantitative estimate of drug-likeness (QED) is 0.424. The van der Waals surface area contributed by atoms with Crippen molar-refractivity contribution in [2.45, 2.75) is 58.3 Å². The van der Waals surface area contributed by atoms with Crippen LogP contribution in [0.3, 0.4) is 0 Å². The van der Waals surface area contributed by atoms with Crippen molar-refractivity contribution in [3.63, 3.8) is 0 Å². The number of fused-ring (bicyclic) bond motifs is 2. The summed E-state index contributed by atoms with van der Waals surface area (Å²) < 4.78 is 5.01. The zero-order chi connectivity index (χ0) is 24.7. The number of hydrogen-bond acceptors (Lipinski definition) is 7. The molecule has 1 aliphatic rings. The SMILES string of the molecule is CC[C@H]1CN(C(C)c2ccn3ncnc3c2)[C@H](CC)CN1c1cc(=O)n(C)c2cn(CC#N)nc12. The molecule has 0 bridgehead atoms. The lowest BCUT2D eigenvalue weighted by Crippen LogP contribution is -2.58. The second kappa shape index (κ2) is 9.15. The molecule has 10 nitrogen and oxygen atoms in total. The van der Waals surface area contributed by atoms with Gasteiger partial charge in [0.25, 0.3) is 5.56 Å². The van der Waals surface area contributed by atoms with Crippen molar-refractivity contribution in [1.82, 2.24) is 33.8 Å². The molecule has 0 aliphatic carbocycles. The fraction of sp³-hybridized carbons (Fsp3) is 0.480. The average molecular weight is 474 g/mol. The maximum Gasteiger partial charge on any atom is 0.252 e. The topological polar surface area (TPSA) is 100 Å². The van der Waals surface area contributed by atoms with Gasteiger partial charge in [0.15, 0.2) is 5.65 Å². The van der Waals surface area contributed by atoms with Crippen molar-refractivity contribution >= 4 is 22.4 Å². The Bertz CT molecular complexity index is 1460. The number of nitriles is 1. The summed E-state index contributed by atoms with van der Waals surface area (Å²) in [5.41, 5.74) is 4.39. The predicted octanol–water partition coefficient (Wildman–Crippen LogP) is 2.74. The number of aryl methyl sites for hydroxylation is 1. The molecule has 35 heavy (non-hydrogen) atoms. The molecule has 4 aromatic rings. The summed E-state index contributed by atoms with van der Waals surface area (Å²) in [6.07, 6.45) is 7.27. The molecular weight excluding hydrogens is 442 g/mol. The van der Waals surface area contributed by atoms with Gasteiger partial charge in [-0.3, -0.25) is 14.4 Å². The van der Waals surface area contributed by atoms with Gasteiger partial charge in [0.05, 0.1) is 23.5 Å². The molecule has 1 fully saturated rings. The van der Waals surface area contributed by atoms with E-state index in [1.807, 2.05) is 6.20 Å². The van der Waals surface area contributed by atoms with Crippen LogP contribution in [-0.2, 0) is 13.6 Å². The first-order valence-electron chi connectivity index (χ1n) is 12.2. The van der Waals surface area contributed by atoms with E-state index >= 15 is 0 Å². The molecule has 0 saturated carbocycles. The van der Waals surface area contributed by atoms with Crippen molar-refractivity contribution in [3.8, 4) is 6.07 Å². The van der Waals surface area contributed by atoms with E-state index < -0.39 is 0 Å². The van der Waals surface area contributed by atoms with E-state index in [-0.39, 0.29) is 24.2 Å². The Labute approximate surface area is 204 Å². The van der Waals surface area contributed by atoms with E-state index in [1.54, 1.807) is 39.4 Å². The van der Waals surface area contributed by atoms with Crippen LogP contribution in [0.1, 0.15) is 45.2 Å². The van der Waals surface area contributed by atoms with Crippen LogP contribution in [-0.4, -0.2) is 59.0 Å². The van der Waals surface area contributed by atoms with Gasteiger partial charge in [0.1, 0.15) is 18.4 Å². The number of nitrogens with zero attached hydrogens (tertiary/aromatic N) is 9. The zero-order valence-corrected chi connectivity index (χ0v) is 20.7. The molecule has 3 atom stereocenters. The van der Waals surface area contributed by atoms with Crippen molar-refractivity contribution in [2.24, 2.45) is 7.05 Å². The molecule has 0 aromatic carbocycles. The Balaban J connectivity index is 1.51. The van der Waals surface area contributed by atoms with Crippen molar-refractivity contribution < 1.29 is 0 Å². The minimum Gasteiger partial charge on any atom is -0.364 e. The lowest BCUT2D eigenvalue weighted by molar-refractivity contribution is 0.101. The molecule has 0 radical (unpaired) electrons. The Hall–Kier alpha value is -3.71. The van der Waals surface area contributed by atoms with E-state index in [0.29, 0.717) is 6.04 Å². The average Bonchev–Trinajstić information content (AvgIpc) is 3.52. The van der Waals surface area contributed by atoms with E-state index in [1.165, 1.54) is 5.56 Å². The highest BCUT2D eigenvalue weighted by atomic mass is 16.1. The summed E-state index contributed by atoms with van der Waals surface area (Å²) in [5, 5.41) is 18.1. The van der Waals surface area contributed by atoms with Crippen LogP contribution in [0.2, 0.25) is 0 Å². The molecular formula is C25H31N9O. The maximum absolute atomic E-state index is 12.9. The summed E-state index contributed by atoms with van der Waals surface area (Å²) in [5.74, 6) is 0. The van der Waals surface area contributed by atoms with E-state index in [9.17, 15) is 4.79 Å². The minimum atomic E-state index is -0.0654. The van der Waals surface area contributed by atoms with Crippen LogP contribution in [0.15, 0.2) is 41.7 Å². The molecule has 4 aromatic heterocycles. The number of anilines is 1. The lowest BCUT2D eigenvalue weighted by atomic mass is 9.97. The highest BCUT2D eigenvalue weighted by Gasteiger charge is 2.36. The standard InChI is InChI=1S/C25H31N9O/c1-5-19-14-33(21-12-24(35)30(4)22-15-31(10-8-26)29-25(21)22)20(6-2)13-32(19)17(3)18-7-9-34-23(11-18)27-16-28-34/h7,9,11-12,15-17,19-20H,5-6,10,13-14H2,1-4H3/t17?,19-,20+/m1/s1. The molecule has 0 N–H and O–H groups in total. The first kappa shape index (κ1) is 23.1. The van der Waals surface area contributed by atoms with E-state index in [2.05, 4.69) is 64.0 Å². The molecule has 1 aliphatic heterocycles. The Kier molecular flexibility index (Phi) is 6.03. The van der Waals surface area contributed by atoms with E-state index in [0.717, 1.165) is 48.3 Å². The summed E-state index contributed by atoms with van der Waals surface area (Å²) in [4.78, 5) is 22.2.